The van der Waals surface area contributed by atoms with E-state index >= 15 is 0 Å². The lowest BCUT2D eigenvalue weighted by molar-refractivity contribution is 0.0457. The molecule has 2 aliphatic rings. The summed E-state index contributed by atoms with van der Waals surface area (Å²) in [6.45, 7) is 6.45. The van der Waals surface area contributed by atoms with E-state index in [0.717, 1.165) is 10.8 Å². The standard InChI is InChI=1S/C28H24N2O7/c1-5-35-26(32)19-14(4)18-21(23(28(34)37-7-3)22(19)27(33)36-6-2)25(31)30-17-13-9-11-15-10-8-12-16(20(15)17)29-24(18)30/h8-13H,5-7H2,1-4H3. The molecule has 2 heterocycles. The molecule has 0 atom stereocenters. The number of esters is 3. The van der Waals surface area contributed by atoms with E-state index in [1.54, 1.807) is 33.8 Å². The minimum absolute atomic E-state index is 0.0103. The van der Waals surface area contributed by atoms with E-state index in [-0.39, 0.29) is 59.0 Å². The lowest BCUT2D eigenvalue weighted by atomic mass is 9.87. The summed E-state index contributed by atoms with van der Waals surface area (Å²) in [6.07, 6.45) is 0. The van der Waals surface area contributed by atoms with Gasteiger partial charge < -0.3 is 14.2 Å². The van der Waals surface area contributed by atoms with Crippen LogP contribution in [-0.4, -0.2) is 49.5 Å². The summed E-state index contributed by atoms with van der Waals surface area (Å²) >= 11 is 0. The summed E-state index contributed by atoms with van der Waals surface area (Å²) in [5.74, 6) is -2.96. The number of rotatable bonds is 6. The third-order valence-corrected chi connectivity index (χ3v) is 6.37. The van der Waals surface area contributed by atoms with Gasteiger partial charge in [0, 0.05) is 10.9 Å². The highest BCUT2D eigenvalue weighted by Crippen LogP contribution is 2.45. The molecule has 3 aromatic carbocycles. The van der Waals surface area contributed by atoms with Crippen LogP contribution >= 0.6 is 0 Å². The van der Waals surface area contributed by atoms with Crippen LogP contribution in [0, 0.1) is 6.92 Å². The Bertz CT molecular complexity index is 1550. The van der Waals surface area contributed by atoms with Gasteiger partial charge in [0.2, 0.25) is 0 Å². The monoisotopic (exact) mass is 500 g/mol. The van der Waals surface area contributed by atoms with Crippen LogP contribution in [0.1, 0.15) is 73.3 Å². The van der Waals surface area contributed by atoms with E-state index < -0.39 is 23.8 Å². The molecule has 2 aliphatic heterocycles. The molecule has 9 heteroatoms. The number of nitrogens with zero attached hydrogens (tertiary/aromatic N) is 2. The van der Waals surface area contributed by atoms with Gasteiger partial charge in [-0.3, -0.25) is 9.69 Å². The van der Waals surface area contributed by atoms with Crippen LogP contribution in [0.15, 0.2) is 41.4 Å². The van der Waals surface area contributed by atoms with Gasteiger partial charge in [-0.25, -0.2) is 19.4 Å². The van der Waals surface area contributed by atoms with Gasteiger partial charge in [0.05, 0.1) is 53.4 Å². The molecule has 37 heavy (non-hydrogen) atoms. The number of carbonyl (C=O) groups is 4. The van der Waals surface area contributed by atoms with Crippen LogP contribution in [0.5, 0.6) is 0 Å². The second-order valence-electron chi connectivity index (χ2n) is 8.39. The molecule has 0 fully saturated rings. The molecule has 3 aromatic rings. The molecule has 188 valence electrons. The Morgan fingerprint density at radius 3 is 1.97 bits per heavy atom. The molecule has 0 N–H and O–H groups in total. The van der Waals surface area contributed by atoms with Crippen molar-refractivity contribution in [3.63, 3.8) is 0 Å². The van der Waals surface area contributed by atoms with Crippen molar-refractivity contribution in [1.29, 1.82) is 0 Å². The number of hydrogen-bond donors (Lipinski definition) is 0. The molecular formula is C28H24N2O7. The SMILES string of the molecule is CCOC(=O)c1c(C)c2c(c(C(=O)OCC)c1C(=O)OCC)C(=O)N1C2=Nc2cccc3cccc1c23. The maximum absolute atomic E-state index is 14.1. The Morgan fingerprint density at radius 2 is 1.35 bits per heavy atom. The van der Waals surface area contributed by atoms with Crippen LogP contribution in [0.4, 0.5) is 11.4 Å². The van der Waals surface area contributed by atoms with Gasteiger partial charge in [-0.15, -0.1) is 0 Å². The fraction of sp³-hybridized carbons (Fsp3) is 0.250. The predicted molar refractivity (Wildman–Crippen MR) is 136 cm³/mol. The molecule has 0 radical (unpaired) electrons. The molecule has 0 aromatic heterocycles. The number of amides is 1. The van der Waals surface area contributed by atoms with Gasteiger partial charge in [0.15, 0.2) is 0 Å². The molecule has 0 bridgehead atoms. The summed E-state index contributed by atoms with van der Waals surface area (Å²) in [5, 5.41) is 1.67. The topological polar surface area (TPSA) is 112 Å². The van der Waals surface area contributed by atoms with Gasteiger partial charge in [-0.1, -0.05) is 24.3 Å². The van der Waals surface area contributed by atoms with E-state index in [1.807, 2.05) is 30.3 Å². The maximum atomic E-state index is 14.1. The Balaban J connectivity index is 1.91. The van der Waals surface area contributed by atoms with Gasteiger partial charge in [0.1, 0.15) is 5.84 Å². The van der Waals surface area contributed by atoms with Gasteiger partial charge in [-0.05, 0) is 50.8 Å². The van der Waals surface area contributed by atoms with Crippen LogP contribution in [-0.2, 0) is 14.2 Å². The minimum Gasteiger partial charge on any atom is -0.462 e. The summed E-state index contributed by atoms with van der Waals surface area (Å²) in [5.41, 5.74) is 0.892. The lowest BCUT2D eigenvalue weighted by Crippen LogP contribution is -2.32. The van der Waals surface area contributed by atoms with Crippen molar-refractivity contribution in [2.75, 3.05) is 24.7 Å². The Labute approximate surface area is 212 Å². The molecule has 0 spiro atoms. The predicted octanol–water partition coefficient (Wildman–Crippen LogP) is 4.73. The number of fused-ring (bicyclic) bond motifs is 4. The Hall–Kier alpha value is -4.53. The lowest BCUT2D eigenvalue weighted by Gasteiger charge is -2.24. The zero-order valence-electron chi connectivity index (χ0n) is 20.8. The molecule has 0 aliphatic carbocycles. The van der Waals surface area contributed by atoms with Gasteiger partial charge >= 0.3 is 17.9 Å². The fourth-order valence-electron chi connectivity index (χ4n) is 4.99. The van der Waals surface area contributed by atoms with Crippen LogP contribution in [0.3, 0.4) is 0 Å². The molecule has 1 amide bonds. The second kappa shape index (κ2) is 9.16. The first-order valence-electron chi connectivity index (χ1n) is 12.0. The van der Waals surface area contributed by atoms with Crippen molar-refractivity contribution in [1.82, 2.24) is 0 Å². The van der Waals surface area contributed by atoms with Crippen molar-refractivity contribution in [3.8, 4) is 0 Å². The molecule has 0 unspecified atom stereocenters. The zero-order valence-corrected chi connectivity index (χ0v) is 20.8. The third-order valence-electron chi connectivity index (χ3n) is 6.37. The number of ether oxygens (including phenoxy) is 3. The number of carbonyl (C=O) groups excluding carboxylic acids is 4. The van der Waals surface area contributed by atoms with Crippen LogP contribution in [0.2, 0.25) is 0 Å². The van der Waals surface area contributed by atoms with Crippen molar-refractivity contribution in [2.24, 2.45) is 4.99 Å². The van der Waals surface area contributed by atoms with Gasteiger partial charge in [-0.2, -0.15) is 0 Å². The number of benzene rings is 3. The van der Waals surface area contributed by atoms with E-state index in [1.165, 1.54) is 4.90 Å². The summed E-state index contributed by atoms with van der Waals surface area (Å²) in [6, 6.07) is 11.2. The largest absolute Gasteiger partial charge is 0.462 e. The van der Waals surface area contributed by atoms with Crippen molar-refractivity contribution >= 4 is 51.8 Å². The van der Waals surface area contributed by atoms with Crippen LogP contribution in [0.25, 0.3) is 10.8 Å². The summed E-state index contributed by atoms with van der Waals surface area (Å²) < 4.78 is 15.8. The minimum atomic E-state index is -0.926. The van der Waals surface area contributed by atoms with Crippen molar-refractivity contribution < 1.29 is 33.4 Å². The molecule has 0 saturated carbocycles. The highest BCUT2D eigenvalue weighted by atomic mass is 16.5. The Morgan fingerprint density at radius 1 is 0.784 bits per heavy atom. The zero-order chi connectivity index (χ0) is 26.4. The molecular weight excluding hydrogens is 476 g/mol. The smallest absolute Gasteiger partial charge is 0.339 e. The number of hydrogen-bond acceptors (Lipinski definition) is 8. The Kier molecular flexibility index (Phi) is 5.99. The highest BCUT2D eigenvalue weighted by Gasteiger charge is 2.46. The maximum Gasteiger partial charge on any atom is 0.339 e. The third kappa shape index (κ3) is 3.49. The average Bonchev–Trinajstić information content (AvgIpc) is 3.17. The van der Waals surface area contributed by atoms with E-state index in [9.17, 15) is 19.2 Å². The molecule has 0 saturated heterocycles. The first-order chi connectivity index (χ1) is 17.8. The average molecular weight is 501 g/mol. The number of aliphatic imine (C=N–C) groups is 1. The normalized spacial score (nSPS) is 13.1. The van der Waals surface area contributed by atoms with Gasteiger partial charge in [0.25, 0.3) is 5.91 Å². The molecule has 5 rings (SSSR count). The van der Waals surface area contributed by atoms with E-state index in [4.69, 9.17) is 19.2 Å². The van der Waals surface area contributed by atoms with E-state index in [2.05, 4.69) is 0 Å². The number of anilines is 1. The van der Waals surface area contributed by atoms with Crippen molar-refractivity contribution in [3.05, 3.63) is 69.8 Å². The summed E-state index contributed by atoms with van der Waals surface area (Å²) in [4.78, 5) is 60.0. The quantitative estimate of drug-likeness (QED) is 0.355. The van der Waals surface area contributed by atoms with E-state index in [0.29, 0.717) is 11.4 Å². The highest BCUT2D eigenvalue weighted by molar-refractivity contribution is 6.42. The van der Waals surface area contributed by atoms with Crippen LogP contribution < -0.4 is 4.90 Å². The summed E-state index contributed by atoms with van der Waals surface area (Å²) in [7, 11) is 0. The number of amidine groups is 1. The van der Waals surface area contributed by atoms with Crippen molar-refractivity contribution in [2.45, 2.75) is 27.7 Å². The first-order valence-corrected chi connectivity index (χ1v) is 12.0. The molecule has 9 nitrogen and oxygen atoms in total. The fourth-order valence-corrected chi connectivity index (χ4v) is 4.99. The second-order valence-corrected chi connectivity index (χ2v) is 8.39. The first kappa shape index (κ1) is 24.2.